The molecule has 0 unspecified atom stereocenters. The number of H-pyrrole nitrogens is 1. The number of carboxylic acids is 1. The summed E-state index contributed by atoms with van der Waals surface area (Å²) in [5, 5.41) is 21.1. The Bertz CT molecular complexity index is 516. The fourth-order valence-electron chi connectivity index (χ4n) is 1.49. The fourth-order valence-corrected chi connectivity index (χ4v) is 1.49. The van der Waals surface area contributed by atoms with Crippen LogP contribution < -0.4 is 10.9 Å². The van der Waals surface area contributed by atoms with Gasteiger partial charge in [-0.05, 0) is 12.3 Å². The molecule has 78 valence electrons. The van der Waals surface area contributed by atoms with Crippen LogP contribution in [0.4, 0.5) is 0 Å². The van der Waals surface area contributed by atoms with Gasteiger partial charge in [0.05, 0.1) is 0 Å². The average Bonchev–Trinajstić information content (AvgIpc) is 2.23. The van der Waals surface area contributed by atoms with E-state index in [0.717, 1.165) is 0 Å². The van der Waals surface area contributed by atoms with Crippen LogP contribution in [-0.2, 0) is 6.54 Å². The molecule has 2 rings (SSSR count). The summed E-state index contributed by atoms with van der Waals surface area (Å²) >= 11 is 0. The van der Waals surface area contributed by atoms with Crippen molar-refractivity contribution in [3.8, 4) is 5.75 Å². The Morgan fingerprint density at radius 1 is 1.47 bits per heavy atom. The lowest BCUT2D eigenvalue weighted by atomic mass is 10.0. The molecule has 0 amide bonds. The van der Waals surface area contributed by atoms with Gasteiger partial charge in [-0.3, -0.25) is 4.79 Å². The topological polar surface area (TPSA) is 102 Å². The second kappa shape index (κ2) is 3.16. The van der Waals surface area contributed by atoms with Gasteiger partial charge < -0.3 is 20.5 Å². The van der Waals surface area contributed by atoms with Crippen molar-refractivity contribution in [2.45, 2.75) is 6.54 Å². The normalized spacial score (nSPS) is 13.1. The van der Waals surface area contributed by atoms with E-state index < -0.39 is 17.3 Å². The lowest BCUT2D eigenvalue weighted by molar-refractivity contribution is 0.0689. The van der Waals surface area contributed by atoms with Gasteiger partial charge >= 0.3 is 5.97 Å². The third-order valence-corrected chi connectivity index (χ3v) is 2.19. The molecule has 0 bridgehead atoms. The third kappa shape index (κ3) is 1.35. The molecule has 1 aromatic heterocycles. The number of carboxylic acid groups (broad SMARTS) is 1. The van der Waals surface area contributed by atoms with E-state index in [-0.39, 0.29) is 12.2 Å². The largest absolute Gasteiger partial charge is 0.503 e. The SMILES string of the molecule is O=C(O)c1[nH]c(=O)c(O)c2c1C=CNC2. The van der Waals surface area contributed by atoms with Gasteiger partial charge in [-0.1, -0.05) is 0 Å². The number of fused-ring (bicyclic) bond motifs is 1. The molecular formula is C9H8N2O4. The first-order valence-corrected chi connectivity index (χ1v) is 4.22. The molecule has 0 saturated carbocycles. The number of hydrogen-bond acceptors (Lipinski definition) is 4. The van der Waals surface area contributed by atoms with Gasteiger partial charge in [0.15, 0.2) is 5.75 Å². The third-order valence-electron chi connectivity index (χ3n) is 2.19. The van der Waals surface area contributed by atoms with E-state index >= 15 is 0 Å². The van der Waals surface area contributed by atoms with Gasteiger partial charge in [-0.15, -0.1) is 0 Å². The minimum atomic E-state index is -1.23. The first-order chi connectivity index (χ1) is 7.11. The average molecular weight is 208 g/mol. The number of pyridine rings is 1. The quantitative estimate of drug-likeness (QED) is 0.514. The van der Waals surface area contributed by atoms with Crippen LogP contribution in [0.1, 0.15) is 21.6 Å². The summed E-state index contributed by atoms with van der Waals surface area (Å²) in [4.78, 5) is 24.1. The minimum Gasteiger partial charge on any atom is -0.503 e. The molecule has 1 aliphatic rings. The van der Waals surface area contributed by atoms with Crippen molar-refractivity contribution in [3.05, 3.63) is 33.4 Å². The lowest BCUT2D eigenvalue weighted by Crippen LogP contribution is -2.21. The van der Waals surface area contributed by atoms with Gasteiger partial charge in [0.25, 0.3) is 5.56 Å². The Labute approximate surface area is 83.9 Å². The van der Waals surface area contributed by atoms with Crippen molar-refractivity contribution in [2.75, 3.05) is 0 Å². The molecule has 15 heavy (non-hydrogen) atoms. The second-order valence-corrected chi connectivity index (χ2v) is 3.09. The number of carbonyl (C=O) groups is 1. The van der Waals surface area contributed by atoms with Crippen molar-refractivity contribution < 1.29 is 15.0 Å². The van der Waals surface area contributed by atoms with Crippen molar-refractivity contribution >= 4 is 12.0 Å². The van der Waals surface area contributed by atoms with E-state index in [1.807, 2.05) is 0 Å². The molecule has 6 heteroatoms. The predicted octanol–water partition coefficient (Wildman–Crippen LogP) is -0.147. The van der Waals surface area contributed by atoms with Crippen LogP contribution in [0.5, 0.6) is 5.75 Å². The highest BCUT2D eigenvalue weighted by Crippen LogP contribution is 2.22. The van der Waals surface area contributed by atoms with Crippen LogP contribution in [0.3, 0.4) is 0 Å². The number of aromatic nitrogens is 1. The number of hydrogen-bond donors (Lipinski definition) is 4. The van der Waals surface area contributed by atoms with Crippen LogP contribution in [0.15, 0.2) is 11.0 Å². The Morgan fingerprint density at radius 3 is 2.87 bits per heavy atom. The highest BCUT2D eigenvalue weighted by molar-refractivity contribution is 5.91. The standard InChI is InChI=1S/C9H8N2O4/c12-7-5-3-10-2-1-4(5)6(9(14)15)11-8(7)13/h1-2,10,12H,3H2,(H,11,13)(H,14,15). The molecule has 1 aromatic rings. The Balaban J connectivity index is 2.80. The van der Waals surface area contributed by atoms with Gasteiger partial charge in [0.2, 0.25) is 0 Å². The zero-order chi connectivity index (χ0) is 11.0. The van der Waals surface area contributed by atoms with Gasteiger partial charge in [-0.2, -0.15) is 0 Å². The van der Waals surface area contributed by atoms with Crippen molar-refractivity contribution in [1.29, 1.82) is 0 Å². The number of nitrogens with one attached hydrogen (secondary N) is 2. The minimum absolute atomic E-state index is 0.203. The van der Waals surface area contributed by atoms with E-state index in [0.29, 0.717) is 11.1 Å². The molecule has 2 heterocycles. The first kappa shape index (κ1) is 9.32. The maximum absolute atomic E-state index is 11.2. The van der Waals surface area contributed by atoms with Crippen molar-refractivity contribution in [2.24, 2.45) is 0 Å². The predicted molar refractivity (Wildman–Crippen MR) is 51.6 cm³/mol. The van der Waals surface area contributed by atoms with E-state index in [4.69, 9.17) is 5.11 Å². The molecule has 0 saturated heterocycles. The summed E-state index contributed by atoms with van der Waals surface area (Å²) in [5.74, 6) is -1.67. The fraction of sp³-hybridized carbons (Fsp3) is 0.111. The molecule has 6 nitrogen and oxygen atoms in total. The van der Waals surface area contributed by atoms with Crippen LogP contribution in [0.2, 0.25) is 0 Å². The van der Waals surface area contributed by atoms with Gasteiger partial charge in [-0.25, -0.2) is 4.79 Å². The van der Waals surface area contributed by atoms with Crippen molar-refractivity contribution in [1.82, 2.24) is 10.3 Å². The summed E-state index contributed by atoms with van der Waals surface area (Å²) in [6, 6.07) is 0. The summed E-state index contributed by atoms with van der Waals surface area (Å²) in [5.41, 5.74) is -0.356. The lowest BCUT2D eigenvalue weighted by Gasteiger charge is -2.14. The Kier molecular flexibility index (Phi) is 1.96. The number of aromatic amines is 1. The Morgan fingerprint density at radius 2 is 2.20 bits per heavy atom. The molecule has 0 atom stereocenters. The number of aromatic hydroxyl groups is 1. The highest BCUT2D eigenvalue weighted by Gasteiger charge is 2.20. The number of aromatic carboxylic acids is 1. The Hall–Kier alpha value is -2.24. The molecule has 0 radical (unpaired) electrons. The zero-order valence-electron chi connectivity index (χ0n) is 7.57. The van der Waals surface area contributed by atoms with Crippen LogP contribution >= 0.6 is 0 Å². The van der Waals surface area contributed by atoms with E-state index in [2.05, 4.69) is 10.3 Å². The van der Waals surface area contributed by atoms with Crippen LogP contribution in [0.25, 0.3) is 6.08 Å². The monoisotopic (exact) mass is 208 g/mol. The van der Waals surface area contributed by atoms with Crippen LogP contribution in [0, 0.1) is 0 Å². The maximum Gasteiger partial charge on any atom is 0.353 e. The van der Waals surface area contributed by atoms with E-state index in [1.54, 1.807) is 6.20 Å². The maximum atomic E-state index is 11.2. The first-order valence-electron chi connectivity index (χ1n) is 4.22. The molecule has 0 aliphatic carbocycles. The molecule has 4 N–H and O–H groups in total. The molecule has 0 spiro atoms. The summed E-state index contributed by atoms with van der Waals surface area (Å²) in [7, 11) is 0. The van der Waals surface area contributed by atoms with Crippen LogP contribution in [-0.4, -0.2) is 21.2 Å². The second-order valence-electron chi connectivity index (χ2n) is 3.09. The van der Waals surface area contributed by atoms with Crippen molar-refractivity contribution in [3.63, 3.8) is 0 Å². The molecule has 0 aromatic carbocycles. The smallest absolute Gasteiger partial charge is 0.353 e. The molecule has 1 aliphatic heterocycles. The van der Waals surface area contributed by atoms with Gasteiger partial charge in [0.1, 0.15) is 5.69 Å². The number of rotatable bonds is 1. The van der Waals surface area contributed by atoms with E-state index in [1.165, 1.54) is 6.08 Å². The molecule has 0 fully saturated rings. The summed E-state index contributed by atoms with van der Waals surface area (Å²) < 4.78 is 0. The van der Waals surface area contributed by atoms with E-state index in [9.17, 15) is 14.7 Å². The highest BCUT2D eigenvalue weighted by atomic mass is 16.4. The molecular weight excluding hydrogens is 200 g/mol. The summed E-state index contributed by atoms with van der Waals surface area (Å²) in [6.07, 6.45) is 3.06. The summed E-state index contributed by atoms with van der Waals surface area (Å²) in [6.45, 7) is 0.238. The van der Waals surface area contributed by atoms with Gasteiger partial charge in [0, 0.05) is 17.7 Å². The zero-order valence-corrected chi connectivity index (χ0v) is 7.57.